The topological polar surface area (TPSA) is 96.0 Å². The van der Waals surface area contributed by atoms with E-state index < -0.39 is 28.5 Å². The number of halogens is 1. The molecule has 0 aliphatic carbocycles. The molecule has 44 heavy (non-hydrogen) atoms. The Labute approximate surface area is 264 Å². The van der Waals surface area contributed by atoms with Gasteiger partial charge in [0.2, 0.25) is 11.8 Å². The Morgan fingerprint density at radius 2 is 1.55 bits per heavy atom. The minimum Gasteiger partial charge on any atom is -0.497 e. The van der Waals surface area contributed by atoms with Gasteiger partial charge in [-0.1, -0.05) is 83.9 Å². The fourth-order valence-corrected chi connectivity index (χ4v) is 6.54. The summed E-state index contributed by atoms with van der Waals surface area (Å²) in [6.45, 7) is 3.47. The van der Waals surface area contributed by atoms with Crippen LogP contribution in [0.1, 0.15) is 23.6 Å². The fourth-order valence-electron chi connectivity index (χ4n) is 4.82. The summed E-state index contributed by atoms with van der Waals surface area (Å²) >= 11 is 6.52. The molecular weight excluding hydrogens is 598 g/mol. The maximum Gasteiger partial charge on any atom is 0.264 e. The largest absolute Gasteiger partial charge is 0.497 e. The number of methoxy groups -OCH3 is 1. The monoisotopic (exact) mass is 633 g/mol. The molecule has 0 bridgehead atoms. The average molecular weight is 634 g/mol. The van der Waals surface area contributed by atoms with Gasteiger partial charge in [-0.25, -0.2) is 8.42 Å². The van der Waals surface area contributed by atoms with Crippen molar-refractivity contribution in [1.82, 2.24) is 10.2 Å². The van der Waals surface area contributed by atoms with Crippen LogP contribution in [0.15, 0.2) is 108 Å². The van der Waals surface area contributed by atoms with E-state index in [-0.39, 0.29) is 34.5 Å². The molecule has 0 spiro atoms. The van der Waals surface area contributed by atoms with Gasteiger partial charge in [-0.15, -0.1) is 0 Å². The van der Waals surface area contributed by atoms with Crippen molar-refractivity contribution in [3.63, 3.8) is 0 Å². The second-order valence-corrected chi connectivity index (χ2v) is 12.5. The molecule has 0 fully saturated rings. The number of para-hydroxylation sites is 1. The van der Waals surface area contributed by atoms with Crippen molar-refractivity contribution >= 4 is 39.1 Å². The van der Waals surface area contributed by atoms with E-state index in [1.165, 1.54) is 17.0 Å². The molecule has 0 aromatic heterocycles. The lowest BCUT2D eigenvalue weighted by atomic mass is 10.0. The molecule has 0 radical (unpaired) electrons. The number of amides is 2. The van der Waals surface area contributed by atoms with Crippen LogP contribution in [-0.4, -0.2) is 51.4 Å². The minimum absolute atomic E-state index is 0.0136. The molecule has 4 aromatic carbocycles. The fraction of sp³-hybridized carbons (Fsp3) is 0.235. The number of likely N-dealkylation sites (N-methyl/N-ethyl adjacent to an activating group) is 1. The number of aryl methyl sites for hydroxylation is 1. The van der Waals surface area contributed by atoms with Crippen LogP contribution in [0.3, 0.4) is 0 Å². The van der Waals surface area contributed by atoms with Crippen LogP contribution in [0.4, 0.5) is 5.69 Å². The summed E-state index contributed by atoms with van der Waals surface area (Å²) < 4.78 is 34.6. The number of rotatable bonds is 13. The highest BCUT2D eigenvalue weighted by molar-refractivity contribution is 7.92. The molecule has 0 aliphatic heterocycles. The van der Waals surface area contributed by atoms with Gasteiger partial charge in [0.25, 0.3) is 10.0 Å². The van der Waals surface area contributed by atoms with Gasteiger partial charge in [0.1, 0.15) is 18.3 Å². The third-order valence-corrected chi connectivity index (χ3v) is 9.21. The van der Waals surface area contributed by atoms with Gasteiger partial charge in [0.15, 0.2) is 0 Å². The second-order valence-electron chi connectivity index (χ2n) is 10.2. The van der Waals surface area contributed by atoms with E-state index in [0.29, 0.717) is 17.9 Å². The van der Waals surface area contributed by atoms with Crippen molar-refractivity contribution in [3.8, 4) is 5.75 Å². The smallest absolute Gasteiger partial charge is 0.264 e. The highest BCUT2D eigenvalue weighted by atomic mass is 35.5. The van der Waals surface area contributed by atoms with E-state index in [1.807, 2.05) is 43.3 Å². The van der Waals surface area contributed by atoms with E-state index in [4.69, 9.17) is 16.3 Å². The highest BCUT2D eigenvalue weighted by Crippen LogP contribution is 2.31. The van der Waals surface area contributed by atoms with Crippen LogP contribution in [0.25, 0.3) is 0 Å². The van der Waals surface area contributed by atoms with Gasteiger partial charge >= 0.3 is 0 Å². The second kappa shape index (κ2) is 14.9. The number of benzene rings is 4. The Hall–Kier alpha value is -4.34. The summed E-state index contributed by atoms with van der Waals surface area (Å²) in [6, 6.07) is 28.5. The van der Waals surface area contributed by atoms with Gasteiger partial charge < -0.3 is 15.0 Å². The SMILES string of the molecule is CCNC(=O)[C@H](Cc1ccccc1)N(Cc1cccc(OC)c1)C(=O)CN(c1ccccc1Cl)S(=O)(=O)c1ccc(C)cc1. The van der Waals surface area contributed by atoms with Crippen LogP contribution in [0.5, 0.6) is 5.75 Å². The highest BCUT2D eigenvalue weighted by Gasteiger charge is 2.35. The number of carbonyl (C=O) groups is 2. The van der Waals surface area contributed by atoms with Gasteiger partial charge in [-0.2, -0.15) is 0 Å². The molecule has 1 atom stereocenters. The van der Waals surface area contributed by atoms with E-state index in [1.54, 1.807) is 68.6 Å². The first-order valence-corrected chi connectivity index (χ1v) is 16.0. The predicted octanol–water partition coefficient (Wildman–Crippen LogP) is 5.63. The summed E-state index contributed by atoms with van der Waals surface area (Å²) in [5, 5.41) is 3.02. The van der Waals surface area contributed by atoms with Crippen molar-refractivity contribution in [3.05, 3.63) is 125 Å². The third-order valence-electron chi connectivity index (χ3n) is 7.12. The molecule has 230 valence electrons. The number of carbonyl (C=O) groups excluding carboxylic acids is 2. The van der Waals surface area contributed by atoms with Gasteiger partial charge in [0, 0.05) is 19.5 Å². The van der Waals surface area contributed by atoms with E-state index in [9.17, 15) is 18.0 Å². The normalized spacial score (nSPS) is 11.8. The third kappa shape index (κ3) is 7.98. The number of sulfonamides is 1. The van der Waals surface area contributed by atoms with Crippen molar-refractivity contribution in [2.75, 3.05) is 24.5 Å². The Balaban J connectivity index is 1.81. The predicted molar refractivity (Wildman–Crippen MR) is 173 cm³/mol. The summed E-state index contributed by atoms with van der Waals surface area (Å²) in [7, 11) is -2.69. The molecule has 0 unspecified atom stereocenters. The Kier molecular flexibility index (Phi) is 11.0. The molecule has 0 aliphatic rings. The van der Waals surface area contributed by atoms with Crippen molar-refractivity contribution in [2.24, 2.45) is 0 Å². The van der Waals surface area contributed by atoms with Crippen LogP contribution in [0.2, 0.25) is 5.02 Å². The van der Waals surface area contributed by atoms with Crippen LogP contribution >= 0.6 is 11.6 Å². The lowest BCUT2D eigenvalue weighted by Crippen LogP contribution is -2.53. The van der Waals surface area contributed by atoms with Crippen LogP contribution in [0, 0.1) is 6.92 Å². The number of nitrogens with one attached hydrogen (secondary N) is 1. The van der Waals surface area contributed by atoms with Crippen molar-refractivity contribution < 1.29 is 22.7 Å². The Bertz CT molecular complexity index is 1680. The standard InChI is InChI=1S/C34H36ClN3O5S/c1-4-36-34(40)32(22-26-11-6-5-7-12-26)37(23-27-13-10-14-28(21-27)43-3)33(39)24-38(31-16-9-8-15-30(31)35)44(41,42)29-19-17-25(2)18-20-29/h5-21,32H,4,22-24H2,1-3H3,(H,36,40)/t32-/m0/s1. The Morgan fingerprint density at radius 3 is 2.20 bits per heavy atom. The maximum atomic E-state index is 14.4. The van der Waals surface area contributed by atoms with Gasteiger partial charge in [-0.05, 0) is 61.4 Å². The number of anilines is 1. The summed E-state index contributed by atoms with van der Waals surface area (Å²) in [4.78, 5) is 29.5. The quantitative estimate of drug-likeness (QED) is 0.206. The van der Waals surface area contributed by atoms with Crippen molar-refractivity contribution in [2.45, 2.75) is 37.8 Å². The maximum absolute atomic E-state index is 14.4. The van der Waals surface area contributed by atoms with Gasteiger partial charge in [0.05, 0.1) is 22.7 Å². The molecule has 0 heterocycles. The first-order valence-electron chi connectivity index (χ1n) is 14.2. The molecule has 4 rings (SSSR count). The molecule has 8 nitrogen and oxygen atoms in total. The number of hydrogen-bond donors (Lipinski definition) is 1. The number of hydrogen-bond acceptors (Lipinski definition) is 5. The molecule has 10 heteroatoms. The van der Waals surface area contributed by atoms with Gasteiger partial charge in [-0.3, -0.25) is 13.9 Å². The molecule has 0 saturated heterocycles. The zero-order chi connectivity index (χ0) is 31.7. The molecule has 4 aromatic rings. The number of ether oxygens (including phenoxy) is 1. The van der Waals surface area contributed by atoms with E-state index in [2.05, 4.69) is 5.32 Å². The molecule has 1 N–H and O–H groups in total. The Morgan fingerprint density at radius 1 is 0.886 bits per heavy atom. The van der Waals surface area contributed by atoms with Crippen molar-refractivity contribution in [1.29, 1.82) is 0 Å². The summed E-state index contributed by atoms with van der Waals surface area (Å²) in [5.41, 5.74) is 2.61. The first kappa shape index (κ1) is 32.6. The van der Waals surface area contributed by atoms with Crippen LogP contribution in [-0.2, 0) is 32.6 Å². The molecular formula is C34H36ClN3O5S. The zero-order valence-electron chi connectivity index (χ0n) is 24.9. The summed E-state index contributed by atoms with van der Waals surface area (Å²) in [6.07, 6.45) is 0.221. The molecule has 0 saturated carbocycles. The number of nitrogens with zero attached hydrogens (tertiary/aromatic N) is 2. The van der Waals surface area contributed by atoms with E-state index >= 15 is 0 Å². The summed E-state index contributed by atoms with van der Waals surface area (Å²) in [5.74, 6) is -0.332. The minimum atomic E-state index is -4.24. The van der Waals surface area contributed by atoms with E-state index in [0.717, 1.165) is 15.4 Å². The average Bonchev–Trinajstić information content (AvgIpc) is 3.02. The first-order chi connectivity index (χ1) is 21.1. The van der Waals surface area contributed by atoms with Crippen LogP contribution < -0.4 is 14.4 Å². The lowest BCUT2D eigenvalue weighted by molar-refractivity contribution is -0.140. The molecule has 2 amide bonds. The lowest BCUT2D eigenvalue weighted by Gasteiger charge is -2.34. The zero-order valence-corrected chi connectivity index (χ0v) is 26.5.